The molecule has 2 aromatic carbocycles. The van der Waals surface area contributed by atoms with Gasteiger partial charge in [0.15, 0.2) is 5.43 Å². The van der Waals surface area contributed by atoms with E-state index in [0.717, 1.165) is 41.5 Å². The molecule has 0 amide bonds. The Bertz CT molecular complexity index is 1300. The van der Waals surface area contributed by atoms with E-state index in [1.165, 1.54) is 22.3 Å². The summed E-state index contributed by atoms with van der Waals surface area (Å²) in [5, 5.41) is 0.771. The molecular formula is C26H22N2O2. The number of rotatable bonds is 3. The first-order valence-corrected chi connectivity index (χ1v) is 10.5. The fourth-order valence-corrected chi connectivity index (χ4v) is 5.12. The van der Waals surface area contributed by atoms with Crippen LogP contribution < -0.4 is 5.43 Å². The summed E-state index contributed by atoms with van der Waals surface area (Å²) in [4.78, 5) is 19.4. The number of para-hydroxylation sites is 1. The van der Waals surface area contributed by atoms with E-state index in [9.17, 15) is 4.79 Å². The standard InChI is InChI=1S/C26H22N2O2/c29-26-21-8-4-5-9-23(21)27-24-22(26)15-28(14-17-6-2-1-3-7-17)25(24)20-11-10-18-16-30-13-12-19(18)20/h1-9,12-13,16,25H,10-11,14-15H2,(H,27,29). The van der Waals surface area contributed by atoms with Gasteiger partial charge in [0.25, 0.3) is 0 Å². The van der Waals surface area contributed by atoms with E-state index in [0.29, 0.717) is 6.54 Å². The summed E-state index contributed by atoms with van der Waals surface area (Å²) in [7, 11) is 0. The van der Waals surface area contributed by atoms with Crippen LogP contribution in [0.4, 0.5) is 0 Å². The van der Waals surface area contributed by atoms with Crippen molar-refractivity contribution < 1.29 is 4.74 Å². The van der Waals surface area contributed by atoms with E-state index in [-0.39, 0.29) is 11.5 Å². The molecule has 30 heavy (non-hydrogen) atoms. The van der Waals surface area contributed by atoms with Crippen molar-refractivity contribution in [1.29, 1.82) is 0 Å². The second-order valence-corrected chi connectivity index (χ2v) is 8.21. The van der Waals surface area contributed by atoms with Gasteiger partial charge in [-0.1, -0.05) is 42.5 Å². The van der Waals surface area contributed by atoms with Crippen molar-refractivity contribution in [3.63, 3.8) is 0 Å². The molecule has 6 rings (SSSR count). The second-order valence-electron chi connectivity index (χ2n) is 8.21. The Morgan fingerprint density at radius 1 is 1.03 bits per heavy atom. The minimum absolute atomic E-state index is 0.0705. The van der Waals surface area contributed by atoms with Gasteiger partial charge in [0.1, 0.15) is 0 Å². The topological polar surface area (TPSA) is 45.3 Å². The first-order chi connectivity index (χ1) is 14.8. The normalized spacial score (nSPS) is 20.3. The first kappa shape index (κ1) is 17.5. The predicted octanol–water partition coefficient (Wildman–Crippen LogP) is 5.10. The maximum Gasteiger partial charge on any atom is 0.194 e. The highest BCUT2D eigenvalue weighted by molar-refractivity contribution is 5.79. The zero-order chi connectivity index (χ0) is 20.1. The molecule has 0 spiro atoms. The molecule has 148 valence electrons. The van der Waals surface area contributed by atoms with E-state index in [1.54, 1.807) is 6.26 Å². The Labute approximate surface area is 174 Å². The number of hydrogen-bond donors (Lipinski definition) is 1. The monoisotopic (exact) mass is 394 g/mol. The highest BCUT2D eigenvalue weighted by Crippen LogP contribution is 2.47. The molecule has 3 heterocycles. The van der Waals surface area contributed by atoms with Crippen LogP contribution in [0.25, 0.3) is 10.9 Å². The van der Waals surface area contributed by atoms with Crippen molar-refractivity contribution in [2.75, 3.05) is 0 Å². The number of hydrogen-bond acceptors (Lipinski definition) is 3. The van der Waals surface area contributed by atoms with E-state index in [1.807, 2.05) is 36.6 Å². The van der Waals surface area contributed by atoms with E-state index < -0.39 is 0 Å². The van der Waals surface area contributed by atoms with Crippen molar-refractivity contribution >= 4 is 10.9 Å². The minimum Gasteiger partial charge on any atom is -0.472 e. The van der Waals surface area contributed by atoms with Crippen molar-refractivity contribution in [2.45, 2.75) is 32.0 Å². The summed E-state index contributed by atoms with van der Waals surface area (Å²) in [6.45, 7) is 1.46. The van der Waals surface area contributed by atoms with Gasteiger partial charge in [-0.2, -0.15) is 0 Å². The largest absolute Gasteiger partial charge is 0.472 e. The van der Waals surface area contributed by atoms with Crippen LogP contribution in [0.15, 0.2) is 94.7 Å². The molecule has 2 aliphatic heterocycles. The van der Waals surface area contributed by atoms with Crippen LogP contribution in [-0.2, 0) is 17.8 Å². The lowest BCUT2D eigenvalue weighted by molar-refractivity contribution is 0.227. The van der Waals surface area contributed by atoms with Crippen LogP contribution in [0.2, 0.25) is 0 Å². The van der Waals surface area contributed by atoms with Crippen molar-refractivity contribution in [3.05, 3.63) is 117 Å². The van der Waals surface area contributed by atoms with Gasteiger partial charge in [0, 0.05) is 35.2 Å². The molecule has 1 N–H and O–H groups in total. The Kier molecular flexibility index (Phi) is 3.99. The van der Waals surface area contributed by atoms with Crippen LogP contribution in [0, 0.1) is 0 Å². The Hall–Kier alpha value is -3.37. The molecule has 3 aliphatic rings. The molecule has 4 heteroatoms. The van der Waals surface area contributed by atoms with E-state index in [4.69, 9.17) is 4.74 Å². The third-order valence-electron chi connectivity index (χ3n) is 6.48. The molecule has 1 atom stereocenters. The van der Waals surface area contributed by atoms with Gasteiger partial charge in [-0.3, -0.25) is 9.69 Å². The first-order valence-electron chi connectivity index (χ1n) is 10.5. The quantitative estimate of drug-likeness (QED) is 0.672. The summed E-state index contributed by atoms with van der Waals surface area (Å²) < 4.78 is 5.41. The van der Waals surface area contributed by atoms with Crippen LogP contribution in [-0.4, -0.2) is 9.88 Å². The number of nitrogens with zero attached hydrogens (tertiary/aromatic N) is 1. The van der Waals surface area contributed by atoms with Crippen molar-refractivity contribution in [1.82, 2.24) is 9.88 Å². The Morgan fingerprint density at radius 2 is 1.87 bits per heavy atom. The lowest BCUT2D eigenvalue weighted by Crippen LogP contribution is -2.24. The third kappa shape index (κ3) is 2.68. The molecule has 0 fully saturated rings. The highest BCUT2D eigenvalue weighted by atomic mass is 16.5. The van der Waals surface area contributed by atoms with Crippen LogP contribution >= 0.6 is 0 Å². The highest BCUT2D eigenvalue weighted by Gasteiger charge is 2.38. The fraction of sp³-hybridized carbons (Fsp3) is 0.192. The van der Waals surface area contributed by atoms with Crippen molar-refractivity contribution in [3.8, 4) is 0 Å². The van der Waals surface area contributed by atoms with Gasteiger partial charge in [-0.05, 0) is 53.3 Å². The molecule has 1 aliphatic carbocycles. The number of H-pyrrole nitrogens is 1. The molecular weight excluding hydrogens is 372 g/mol. The van der Waals surface area contributed by atoms with Gasteiger partial charge in [-0.25, -0.2) is 0 Å². The molecule has 4 nitrogen and oxygen atoms in total. The van der Waals surface area contributed by atoms with E-state index >= 15 is 0 Å². The van der Waals surface area contributed by atoms with Crippen LogP contribution in [0.3, 0.4) is 0 Å². The maximum absolute atomic E-state index is 13.4. The van der Waals surface area contributed by atoms with Crippen LogP contribution in [0.1, 0.15) is 35.7 Å². The van der Waals surface area contributed by atoms with Gasteiger partial charge in [0.2, 0.25) is 0 Å². The van der Waals surface area contributed by atoms with Gasteiger partial charge < -0.3 is 9.72 Å². The lowest BCUT2D eigenvalue weighted by atomic mass is 9.97. The van der Waals surface area contributed by atoms with E-state index in [2.05, 4.69) is 40.2 Å². The zero-order valence-electron chi connectivity index (χ0n) is 16.6. The third-order valence-corrected chi connectivity index (χ3v) is 6.48. The molecule has 1 aromatic heterocycles. The zero-order valence-corrected chi connectivity index (χ0v) is 16.6. The summed E-state index contributed by atoms with van der Waals surface area (Å²) in [5.74, 6) is 0. The number of pyridine rings is 1. The molecule has 0 radical (unpaired) electrons. The number of aromatic nitrogens is 1. The number of benzene rings is 2. The summed E-state index contributed by atoms with van der Waals surface area (Å²) in [6, 6.07) is 18.4. The molecule has 0 saturated heterocycles. The molecule has 1 unspecified atom stereocenters. The lowest BCUT2D eigenvalue weighted by Gasteiger charge is -2.27. The van der Waals surface area contributed by atoms with Gasteiger partial charge >= 0.3 is 0 Å². The Balaban J connectivity index is 1.54. The predicted molar refractivity (Wildman–Crippen MR) is 118 cm³/mol. The molecule has 0 bridgehead atoms. The second kappa shape index (κ2) is 6.85. The number of ether oxygens (including phenoxy) is 1. The molecule has 0 saturated carbocycles. The van der Waals surface area contributed by atoms with Gasteiger partial charge in [0.05, 0.1) is 18.6 Å². The fourth-order valence-electron chi connectivity index (χ4n) is 5.12. The summed E-state index contributed by atoms with van der Waals surface area (Å²) >= 11 is 0. The van der Waals surface area contributed by atoms with Crippen LogP contribution in [0.5, 0.6) is 0 Å². The molecule has 3 aromatic rings. The number of fused-ring (bicyclic) bond motifs is 3. The Morgan fingerprint density at radius 3 is 2.77 bits per heavy atom. The summed E-state index contributed by atoms with van der Waals surface area (Å²) in [6.07, 6.45) is 7.67. The average Bonchev–Trinajstić information content (AvgIpc) is 3.36. The number of aromatic amines is 1. The van der Waals surface area contributed by atoms with Gasteiger partial charge in [-0.15, -0.1) is 0 Å². The number of allylic oxidation sites excluding steroid dienone is 3. The maximum atomic E-state index is 13.4. The summed E-state index contributed by atoms with van der Waals surface area (Å²) in [5.41, 5.74) is 8.18. The smallest absolute Gasteiger partial charge is 0.194 e. The minimum atomic E-state index is 0.0705. The van der Waals surface area contributed by atoms with Crippen molar-refractivity contribution in [2.24, 2.45) is 0 Å². The average molecular weight is 394 g/mol. The SMILES string of the molecule is O=c1c2c([nH]c3ccccc13)C(C1=C3C=COC=C3CC1)N(Cc1ccccc1)C2. The number of nitrogens with one attached hydrogen (secondary N) is 1.